The van der Waals surface area contributed by atoms with Crippen molar-refractivity contribution in [2.45, 2.75) is 13.0 Å². The summed E-state index contributed by atoms with van der Waals surface area (Å²) in [6, 6.07) is 7.59. The first-order valence-electron chi connectivity index (χ1n) is 6.54. The van der Waals surface area contributed by atoms with Gasteiger partial charge in [0.1, 0.15) is 0 Å². The van der Waals surface area contributed by atoms with Gasteiger partial charge in [-0.15, -0.1) is 0 Å². The average molecular weight is 263 g/mol. The number of nitrogens with zero attached hydrogens (tertiary/aromatic N) is 1. The van der Waals surface area contributed by atoms with Gasteiger partial charge in [-0.3, -0.25) is 15.1 Å². The molecule has 0 radical (unpaired) electrons. The summed E-state index contributed by atoms with van der Waals surface area (Å²) in [5, 5.41) is 0. The van der Waals surface area contributed by atoms with Crippen LogP contribution in [0.3, 0.4) is 0 Å². The van der Waals surface area contributed by atoms with Crippen molar-refractivity contribution in [1.29, 1.82) is 0 Å². The van der Waals surface area contributed by atoms with Crippen LogP contribution >= 0.6 is 0 Å². The lowest BCUT2D eigenvalue weighted by atomic mass is 10.1. The summed E-state index contributed by atoms with van der Waals surface area (Å²) < 4.78 is 5.20. The van der Waals surface area contributed by atoms with Gasteiger partial charge in [0.05, 0.1) is 6.61 Å². The van der Waals surface area contributed by atoms with E-state index in [0.717, 1.165) is 38.2 Å². The van der Waals surface area contributed by atoms with E-state index >= 15 is 0 Å². The van der Waals surface area contributed by atoms with Crippen LogP contribution in [0.5, 0.6) is 0 Å². The SMILES string of the molecule is COCC1CCN(Cc2ccccc2C(=O)NN)C1. The summed E-state index contributed by atoms with van der Waals surface area (Å²) in [4.78, 5) is 14.1. The zero-order chi connectivity index (χ0) is 13.7. The minimum Gasteiger partial charge on any atom is -0.384 e. The standard InChI is InChI=1S/C14H21N3O2/c1-19-10-11-6-7-17(8-11)9-12-4-2-3-5-13(12)14(18)16-15/h2-5,11H,6-10,15H2,1H3,(H,16,18). The van der Waals surface area contributed by atoms with Gasteiger partial charge in [-0.25, -0.2) is 5.84 Å². The molecule has 0 spiro atoms. The summed E-state index contributed by atoms with van der Waals surface area (Å²) in [6.45, 7) is 3.66. The summed E-state index contributed by atoms with van der Waals surface area (Å²) in [6.07, 6.45) is 1.15. The van der Waals surface area contributed by atoms with Crippen LogP contribution in [0.2, 0.25) is 0 Å². The van der Waals surface area contributed by atoms with Crippen molar-refractivity contribution < 1.29 is 9.53 Å². The van der Waals surface area contributed by atoms with Crippen LogP contribution in [-0.4, -0.2) is 37.6 Å². The van der Waals surface area contributed by atoms with Crippen LogP contribution in [0.4, 0.5) is 0 Å². The summed E-state index contributed by atoms with van der Waals surface area (Å²) in [5.41, 5.74) is 3.87. The fourth-order valence-electron chi connectivity index (χ4n) is 2.63. The number of hydrazine groups is 1. The molecule has 1 unspecified atom stereocenters. The first-order chi connectivity index (χ1) is 9.24. The third kappa shape index (κ3) is 3.53. The van der Waals surface area contributed by atoms with Gasteiger partial charge in [0.15, 0.2) is 0 Å². The van der Waals surface area contributed by atoms with Gasteiger partial charge in [-0.05, 0) is 30.5 Å². The second-order valence-corrected chi connectivity index (χ2v) is 4.98. The van der Waals surface area contributed by atoms with E-state index in [4.69, 9.17) is 10.6 Å². The maximum absolute atomic E-state index is 11.7. The maximum Gasteiger partial charge on any atom is 0.265 e. The van der Waals surface area contributed by atoms with Gasteiger partial charge in [-0.1, -0.05) is 18.2 Å². The normalized spacial score (nSPS) is 19.6. The molecule has 1 aliphatic rings. The summed E-state index contributed by atoms with van der Waals surface area (Å²) in [7, 11) is 1.74. The maximum atomic E-state index is 11.7. The Bertz CT molecular complexity index is 436. The zero-order valence-corrected chi connectivity index (χ0v) is 11.3. The van der Waals surface area contributed by atoms with E-state index in [2.05, 4.69) is 10.3 Å². The molecule has 0 aliphatic carbocycles. The molecule has 1 aromatic rings. The molecule has 1 fully saturated rings. The Hall–Kier alpha value is -1.43. The van der Waals surface area contributed by atoms with E-state index in [1.807, 2.05) is 18.2 Å². The lowest BCUT2D eigenvalue weighted by Gasteiger charge is -2.17. The minimum atomic E-state index is -0.233. The minimum absolute atomic E-state index is 0.233. The molecule has 5 heteroatoms. The molecule has 0 aromatic heterocycles. The molecule has 5 nitrogen and oxygen atoms in total. The van der Waals surface area contributed by atoms with Crippen molar-refractivity contribution in [3.8, 4) is 0 Å². The van der Waals surface area contributed by atoms with E-state index in [1.165, 1.54) is 0 Å². The fourth-order valence-corrected chi connectivity index (χ4v) is 2.63. The average Bonchev–Trinajstić information content (AvgIpc) is 2.86. The number of carbonyl (C=O) groups excluding carboxylic acids is 1. The largest absolute Gasteiger partial charge is 0.384 e. The highest BCUT2D eigenvalue weighted by atomic mass is 16.5. The monoisotopic (exact) mass is 263 g/mol. The molecule has 1 aliphatic heterocycles. The lowest BCUT2D eigenvalue weighted by Crippen LogP contribution is -2.31. The second kappa shape index (κ2) is 6.65. The number of nitrogens with one attached hydrogen (secondary N) is 1. The van der Waals surface area contributed by atoms with Crippen molar-refractivity contribution in [3.05, 3.63) is 35.4 Å². The van der Waals surface area contributed by atoms with Crippen LogP contribution < -0.4 is 11.3 Å². The number of methoxy groups -OCH3 is 1. The third-order valence-electron chi connectivity index (χ3n) is 3.56. The van der Waals surface area contributed by atoms with Gasteiger partial charge in [0.2, 0.25) is 0 Å². The van der Waals surface area contributed by atoms with Crippen LogP contribution in [0.15, 0.2) is 24.3 Å². The van der Waals surface area contributed by atoms with Gasteiger partial charge >= 0.3 is 0 Å². The quantitative estimate of drug-likeness (QED) is 0.467. The van der Waals surface area contributed by atoms with Gasteiger partial charge in [-0.2, -0.15) is 0 Å². The number of nitrogens with two attached hydrogens (primary N) is 1. The smallest absolute Gasteiger partial charge is 0.265 e. The highest BCUT2D eigenvalue weighted by Crippen LogP contribution is 2.20. The number of hydrogen-bond donors (Lipinski definition) is 2. The fraction of sp³-hybridized carbons (Fsp3) is 0.500. The number of ether oxygens (including phenoxy) is 1. The van der Waals surface area contributed by atoms with E-state index < -0.39 is 0 Å². The van der Waals surface area contributed by atoms with Gasteiger partial charge in [0, 0.05) is 25.8 Å². The molecule has 1 heterocycles. The number of rotatable bonds is 5. The number of benzene rings is 1. The van der Waals surface area contributed by atoms with Crippen molar-refractivity contribution in [2.24, 2.45) is 11.8 Å². The van der Waals surface area contributed by atoms with Crippen molar-refractivity contribution in [3.63, 3.8) is 0 Å². The predicted octanol–water partition coefficient (Wildman–Crippen LogP) is 0.758. The first-order valence-corrected chi connectivity index (χ1v) is 6.54. The molecule has 1 atom stereocenters. The Morgan fingerprint density at radius 1 is 1.53 bits per heavy atom. The molecule has 2 rings (SSSR count). The van der Waals surface area contributed by atoms with Crippen molar-refractivity contribution in [1.82, 2.24) is 10.3 Å². The molecule has 0 saturated carbocycles. The molecule has 3 N–H and O–H groups in total. The highest BCUT2D eigenvalue weighted by molar-refractivity contribution is 5.95. The molecular formula is C14H21N3O2. The van der Waals surface area contributed by atoms with Crippen molar-refractivity contribution in [2.75, 3.05) is 26.8 Å². The van der Waals surface area contributed by atoms with Crippen LogP contribution in [0.25, 0.3) is 0 Å². The summed E-state index contributed by atoms with van der Waals surface area (Å²) in [5.74, 6) is 5.58. The molecule has 1 aromatic carbocycles. The highest BCUT2D eigenvalue weighted by Gasteiger charge is 2.23. The Kier molecular flexibility index (Phi) is 4.90. The van der Waals surface area contributed by atoms with Crippen molar-refractivity contribution >= 4 is 5.91 Å². The van der Waals surface area contributed by atoms with E-state index in [-0.39, 0.29) is 5.91 Å². The Morgan fingerprint density at radius 3 is 3.05 bits per heavy atom. The van der Waals surface area contributed by atoms with Gasteiger partial charge < -0.3 is 4.74 Å². The number of hydrogen-bond acceptors (Lipinski definition) is 4. The molecular weight excluding hydrogens is 242 g/mol. The van der Waals surface area contributed by atoms with Gasteiger partial charge in [0.25, 0.3) is 5.91 Å². The Labute approximate surface area is 113 Å². The van der Waals surface area contributed by atoms with Crippen LogP contribution in [-0.2, 0) is 11.3 Å². The second-order valence-electron chi connectivity index (χ2n) is 4.98. The van der Waals surface area contributed by atoms with E-state index in [1.54, 1.807) is 13.2 Å². The molecule has 1 saturated heterocycles. The van der Waals surface area contributed by atoms with Crippen LogP contribution in [0, 0.1) is 5.92 Å². The molecule has 0 bridgehead atoms. The molecule has 104 valence electrons. The molecule has 1 amide bonds. The number of nitrogen functional groups attached to an aromatic ring is 1. The lowest BCUT2D eigenvalue weighted by molar-refractivity contribution is 0.0951. The predicted molar refractivity (Wildman–Crippen MR) is 73.4 cm³/mol. The third-order valence-corrected chi connectivity index (χ3v) is 3.56. The summed E-state index contributed by atoms with van der Waals surface area (Å²) >= 11 is 0. The Balaban J connectivity index is 2.02. The first kappa shape index (κ1) is 14.0. The topological polar surface area (TPSA) is 67.6 Å². The van der Waals surface area contributed by atoms with E-state index in [0.29, 0.717) is 11.5 Å². The zero-order valence-electron chi connectivity index (χ0n) is 11.3. The van der Waals surface area contributed by atoms with E-state index in [9.17, 15) is 4.79 Å². The number of likely N-dealkylation sites (tertiary alicyclic amines) is 1. The molecule has 19 heavy (non-hydrogen) atoms. The number of carbonyl (C=O) groups is 1. The Morgan fingerprint density at radius 2 is 2.32 bits per heavy atom. The van der Waals surface area contributed by atoms with Crippen LogP contribution in [0.1, 0.15) is 22.3 Å². The number of amides is 1.